The topological polar surface area (TPSA) is 50.9 Å². The van der Waals surface area contributed by atoms with Crippen molar-refractivity contribution in [1.82, 2.24) is 4.98 Å². The number of anilines is 2. The van der Waals surface area contributed by atoms with Crippen molar-refractivity contribution < 1.29 is 8.78 Å². The number of nitrogens with two attached hydrogens (primary N) is 1. The first-order valence-corrected chi connectivity index (χ1v) is 6.35. The van der Waals surface area contributed by atoms with Gasteiger partial charge in [-0.3, -0.25) is 4.98 Å². The molecule has 0 spiro atoms. The molecule has 0 bridgehead atoms. The molecule has 0 fully saturated rings. The Morgan fingerprint density at radius 1 is 1.26 bits per heavy atom. The first-order valence-electron chi connectivity index (χ1n) is 5.15. The predicted octanol–water partition coefficient (Wildman–Crippen LogP) is 3.50. The Balaban J connectivity index is 2.42. The Morgan fingerprint density at radius 3 is 2.68 bits per heavy atom. The molecule has 1 aromatic heterocycles. The van der Waals surface area contributed by atoms with Crippen molar-refractivity contribution in [2.75, 3.05) is 5.32 Å². The Kier molecular flexibility index (Phi) is 4.06. The summed E-state index contributed by atoms with van der Waals surface area (Å²) in [6, 6.07) is 5.38. The molecule has 2 rings (SSSR count). The van der Waals surface area contributed by atoms with Gasteiger partial charge in [0.2, 0.25) is 0 Å². The average molecular weight is 344 g/mol. The lowest BCUT2D eigenvalue weighted by molar-refractivity contribution is 0.581. The van der Waals surface area contributed by atoms with Crippen molar-refractivity contribution in [2.45, 2.75) is 0 Å². The van der Waals surface area contributed by atoms with Crippen molar-refractivity contribution in [2.24, 2.45) is 5.73 Å². The molecule has 0 unspecified atom stereocenters. The third-order valence-electron chi connectivity index (χ3n) is 2.32. The highest BCUT2D eigenvalue weighted by Gasteiger charge is 2.11. The first-order chi connectivity index (χ1) is 8.99. The summed E-state index contributed by atoms with van der Waals surface area (Å²) in [7, 11) is 0. The van der Waals surface area contributed by atoms with Gasteiger partial charge in [0.15, 0.2) is 0 Å². The number of thiocarbonyl (C=S) groups is 1. The van der Waals surface area contributed by atoms with Crippen molar-refractivity contribution in [1.29, 1.82) is 0 Å². The van der Waals surface area contributed by atoms with Crippen LogP contribution in [-0.4, -0.2) is 9.97 Å². The highest BCUT2D eigenvalue weighted by molar-refractivity contribution is 9.10. The van der Waals surface area contributed by atoms with Crippen LogP contribution < -0.4 is 11.1 Å². The summed E-state index contributed by atoms with van der Waals surface area (Å²) in [4.78, 5) is 4.09. The maximum Gasteiger partial charge on any atom is 0.149 e. The van der Waals surface area contributed by atoms with E-state index in [0.717, 1.165) is 6.07 Å². The minimum atomic E-state index is -0.724. The number of nitrogens with zero attached hydrogens (tertiary/aromatic N) is 1. The van der Waals surface area contributed by atoms with Crippen LogP contribution in [-0.2, 0) is 0 Å². The minimum Gasteiger partial charge on any atom is -0.388 e. The molecular formula is C12H8BrF2N3S. The smallest absolute Gasteiger partial charge is 0.149 e. The van der Waals surface area contributed by atoms with Crippen molar-refractivity contribution >= 4 is 44.5 Å². The van der Waals surface area contributed by atoms with E-state index in [-0.39, 0.29) is 15.1 Å². The van der Waals surface area contributed by atoms with Crippen LogP contribution in [0.4, 0.5) is 20.2 Å². The van der Waals surface area contributed by atoms with E-state index >= 15 is 0 Å². The van der Waals surface area contributed by atoms with Gasteiger partial charge < -0.3 is 11.1 Å². The van der Waals surface area contributed by atoms with Crippen LogP contribution in [0.2, 0.25) is 0 Å². The third-order valence-corrected chi connectivity index (χ3v) is 3.12. The number of rotatable bonds is 3. The highest BCUT2D eigenvalue weighted by Crippen LogP contribution is 2.27. The minimum absolute atomic E-state index is 0.0877. The molecule has 3 nitrogen and oxygen atoms in total. The number of hydrogen-bond acceptors (Lipinski definition) is 3. The second-order valence-electron chi connectivity index (χ2n) is 3.63. The summed E-state index contributed by atoms with van der Waals surface area (Å²) in [5.41, 5.74) is 6.42. The standard InChI is InChI=1S/C12H8BrF2N3S/c13-6-4-10(8(15)5-7(6)14)18-9-2-1-3-17-11(9)12(16)19/h1-5,18H,(H2,16,19). The predicted molar refractivity (Wildman–Crippen MR) is 77.5 cm³/mol. The second-order valence-corrected chi connectivity index (χ2v) is 4.93. The molecule has 0 saturated heterocycles. The molecule has 2 aromatic rings. The van der Waals surface area contributed by atoms with E-state index in [1.807, 2.05) is 0 Å². The van der Waals surface area contributed by atoms with Gasteiger partial charge >= 0.3 is 0 Å². The number of nitrogens with one attached hydrogen (secondary N) is 1. The largest absolute Gasteiger partial charge is 0.388 e. The molecule has 1 aromatic carbocycles. The fourth-order valence-corrected chi connectivity index (χ4v) is 1.97. The van der Waals surface area contributed by atoms with Gasteiger partial charge in [0.1, 0.15) is 22.3 Å². The number of aromatic nitrogens is 1. The van der Waals surface area contributed by atoms with Gasteiger partial charge in [0.05, 0.1) is 15.8 Å². The SMILES string of the molecule is NC(=S)c1ncccc1Nc1cc(Br)c(F)cc1F. The Bertz CT molecular complexity index is 649. The Labute approximate surface area is 122 Å². The van der Waals surface area contributed by atoms with Crippen LogP contribution in [0.5, 0.6) is 0 Å². The van der Waals surface area contributed by atoms with Gasteiger partial charge in [-0.2, -0.15) is 0 Å². The van der Waals surface area contributed by atoms with E-state index in [4.69, 9.17) is 18.0 Å². The number of pyridine rings is 1. The highest BCUT2D eigenvalue weighted by atomic mass is 79.9. The zero-order chi connectivity index (χ0) is 14.0. The molecule has 0 atom stereocenters. The van der Waals surface area contributed by atoms with Gasteiger partial charge in [0, 0.05) is 12.3 Å². The van der Waals surface area contributed by atoms with Gasteiger partial charge in [-0.1, -0.05) is 12.2 Å². The normalized spacial score (nSPS) is 10.3. The summed E-state index contributed by atoms with van der Waals surface area (Å²) in [6.07, 6.45) is 1.52. The van der Waals surface area contributed by atoms with Crippen LogP contribution in [0.3, 0.4) is 0 Å². The van der Waals surface area contributed by atoms with Gasteiger partial charge in [0.25, 0.3) is 0 Å². The molecule has 0 aliphatic carbocycles. The summed E-state index contributed by atoms with van der Waals surface area (Å²) >= 11 is 7.85. The Morgan fingerprint density at radius 2 is 2.00 bits per heavy atom. The molecule has 7 heteroatoms. The maximum absolute atomic E-state index is 13.6. The van der Waals surface area contributed by atoms with E-state index < -0.39 is 11.6 Å². The second kappa shape index (κ2) is 5.58. The van der Waals surface area contributed by atoms with Crippen molar-refractivity contribution in [3.05, 3.63) is 52.3 Å². The molecule has 0 saturated carbocycles. The van der Waals surface area contributed by atoms with E-state index in [9.17, 15) is 8.78 Å². The van der Waals surface area contributed by atoms with Gasteiger partial charge in [-0.05, 0) is 34.1 Å². The number of benzene rings is 1. The van der Waals surface area contributed by atoms with E-state index in [0.29, 0.717) is 11.4 Å². The maximum atomic E-state index is 13.6. The summed E-state index contributed by atoms with van der Waals surface area (Å²) in [6.45, 7) is 0. The first kappa shape index (κ1) is 13.8. The zero-order valence-corrected chi connectivity index (χ0v) is 11.9. The third kappa shape index (κ3) is 3.05. The fraction of sp³-hybridized carbons (Fsp3) is 0. The Hall–Kier alpha value is -1.60. The summed E-state index contributed by atoms with van der Waals surface area (Å²) in [5.74, 6) is -1.40. The quantitative estimate of drug-likeness (QED) is 0.661. The van der Waals surface area contributed by atoms with Crippen LogP contribution in [0.1, 0.15) is 5.69 Å². The average Bonchev–Trinajstić information content (AvgIpc) is 2.36. The lowest BCUT2D eigenvalue weighted by Crippen LogP contribution is -2.14. The molecule has 0 radical (unpaired) electrons. The lowest BCUT2D eigenvalue weighted by atomic mass is 10.2. The van der Waals surface area contributed by atoms with Gasteiger partial charge in [-0.15, -0.1) is 0 Å². The molecule has 0 aliphatic heterocycles. The van der Waals surface area contributed by atoms with Crippen molar-refractivity contribution in [3.8, 4) is 0 Å². The van der Waals surface area contributed by atoms with Crippen LogP contribution in [0, 0.1) is 11.6 Å². The fourth-order valence-electron chi connectivity index (χ4n) is 1.47. The van der Waals surface area contributed by atoms with E-state index in [2.05, 4.69) is 26.2 Å². The molecule has 98 valence electrons. The summed E-state index contributed by atoms with van der Waals surface area (Å²) in [5, 5.41) is 2.79. The van der Waals surface area contributed by atoms with Crippen LogP contribution in [0.25, 0.3) is 0 Å². The molecule has 3 N–H and O–H groups in total. The molecule has 0 amide bonds. The molecule has 1 heterocycles. The molecule has 19 heavy (non-hydrogen) atoms. The zero-order valence-electron chi connectivity index (χ0n) is 9.45. The van der Waals surface area contributed by atoms with Crippen molar-refractivity contribution in [3.63, 3.8) is 0 Å². The summed E-state index contributed by atoms with van der Waals surface area (Å²) < 4.78 is 26.9. The van der Waals surface area contributed by atoms with E-state index in [1.165, 1.54) is 12.3 Å². The number of halogens is 3. The van der Waals surface area contributed by atoms with Crippen LogP contribution >= 0.6 is 28.1 Å². The van der Waals surface area contributed by atoms with Gasteiger partial charge in [-0.25, -0.2) is 8.78 Å². The lowest BCUT2D eigenvalue weighted by Gasteiger charge is -2.11. The number of hydrogen-bond donors (Lipinski definition) is 2. The molecule has 0 aliphatic rings. The monoisotopic (exact) mass is 343 g/mol. The van der Waals surface area contributed by atoms with Crippen LogP contribution in [0.15, 0.2) is 34.9 Å². The van der Waals surface area contributed by atoms with E-state index in [1.54, 1.807) is 12.1 Å². The molecular weight excluding hydrogens is 336 g/mol.